The summed E-state index contributed by atoms with van der Waals surface area (Å²) in [5, 5.41) is 9.49. The van der Waals surface area contributed by atoms with Crippen molar-refractivity contribution in [1.29, 1.82) is 0 Å². The van der Waals surface area contributed by atoms with E-state index in [1.165, 1.54) is 17.7 Å². The second kappa shape index (κ2) is 5.68. The highest BCUT2D eigenvalue weighted by atomic mass is 19.1. The van der Waals surface area contributed by atoms with Crippen LogP contribution in [-0.2, 0) is 11.2 Å². The lowest BCUT2D eigenvalue weighted by Gasteiger charge is -2.12. The lowest BCUT2D eigenvalue weighted by molar-refractivity contribution is -0.142. The monoisotopic (exact) mass is 284 g/mol. The van der Waals surface area contributed by atoms with Crippen LogP contribution in [0.15, 0.2) is 54.6 Å². The SMILES string of the molecule is O=C(O)C(Cc1cccc(F)c1)C1CC1c1ccccc1. The van der Waals surface area contributed by atoms with Crippen molar-refractivity contribution in [3.8, 4) is 0 Å². The fourth-order valence-corrected chi connectivity index (χ4v) is 3.08. The fourth-order valence-electron chi connectivity index (χ4n) is 3.08. The molecule has 108 valence electrons. The second-order valence-corrected chi connectivity index (χ2v) is 5.70. The Bertz CT molecular complexity index is 639. The number of aliphatic carboxylic acids is 1. The standard InChI is InChI=1S/C18H17FO2/c19-14-8-4-5-12(9-14)10-17(18(20)21)16-11-15(16)13-6-2-1-3-7-13/h1-9,15-17H,10-11H2,(H,20,21). The Kier molecular flexibility index (Phi) is 3.74. The van der Waals surface area contributed by atoms with Crippen molar-refractivity contribution in [3.05, 3.63) is 71.5 Å². The van der Waals surface area contributed by atoms with E-state index in [-0.39, 0.29) is 11.7 Å². The van der Waals surface area contributed by atoms with E-state index in [0.29, 0.717) is 12.3 Å². The summed E-state index contributed by atoms with van der Waals surface area (Å²) in [5.74, 6) is -1.08. The Morgan fingerprint density at radius 3 is 2.62 bits per heavy atom. The molecule has 3 heteroatoms. The Hall–Kier alpha value is -2.16. The van der Waals surface area contributed by atoms with Crippen molar-refractivity contribution in [1.82, 2.24) is 0 Å². The molecule has 2 aromatic rings. The van der Waals surface area contributed by atoms with Gasteiger partial charge in [0.25, 0.3) is 0 Å². The summed E-state index contributed by atoms with van der Waals surface area (Å²) >= 11 is 0. The number of carboxylic acids is 1. The van der Waals surface area contributed by atoms with Gasteiger partial charge < -0.3 is 5.11 Å². The van der Waals surface area contributed by atoms with Gasteiger partial charge in [-0.3, -0.25) is 4.79 Å². The van der Waals surface area contributed by atoms with Crippen LogP contribution < -0.4 is 0 Å². The van der Waals surface area contributed by atoms with E-state index < -0.39 is 11.9 Å². The first-order chi connectivity index (χ1) is 10.1. The number of benzene rings is 2. The molecule has 1 fully saturated rings. The largest absolute Gasteiger partial charge is 0.481 e. The van der Waals surface area contributed by atoms with Gasteiger partial charge in [0.1, 0.15) is 5.82 Å². The maximum Gasteiger partial charge on any atom is 0.307 e. The molecule has 1 saturated carbocycles. The average molecular weight is 284 g/mol. The molecule has 0 saturated heterocycles. The Balaban J connectivity index is 1.74. The van der Waals surface area contributed by atoms with E-state index >= 15 is 0 Å². The van der Waals surface area contributed by atoms with Gasteiger partial charge >= 0.3 is 5.97 Å². The summed E-state index contributed by atoms with van der Waals surface area (Å²) in [6, 6.07) is 16.2. The zero-order valence-electron chi connectivity index (χ0n) is 11.6. The van der Waals surface area contributed by atoms with Crippen molar-refractivity contribution in [2.75, 3.05) is 0 Å². The van der Waals surface area contributed by atoms with Crippen molar-refractivity contribution in [2.45, 2.75) is 18.8 Å². The minimum atomic E-state index is -0.789. The maximum atomic E-state index is 13.2. The van der Waals surface area contributed by atoms with Crippen molar-refractivity contribution in [2.24, 2.45) is 11.8 Å². The molecule has 0 amide bonds. The lowest BCUT2D eigenvalue weighted by Crippen LogP contribution is -2.19. The van der Waals surface area contributed by atoms with Gasteiger partial charge in [-0.25, -0.2) is 4.39 Å². The Labute approximate surface area is 123 Å². The zero-order chi connectivity index (χ0) is 14.8. The minimum Gasteiger partial charge on any atom is -0.481 e. The third-order valence-corrected chi connectivity index (χ3v) is 4.25. The summed E-state index contributed by atoms with van der Waals surface area (Å²) in [7, 11) is 0. The number of carboxylic acid groups (broad SMARTS) is 1. The molecule has 1 aliphatic rings. The molecule has 0 aliphatic heterocycles. The van der Waals surface area contributed by atoms with Gasteiger partial charge in [0.05, 0.1) is 5.92 Å². The van der Waals surface area contributed by atoms with E-state index in [9.17, 15) is 14.3 Å². The van der Waals surface area contributed by atoms with Gasteiger partial charge in [0.2, 0.25) is 0 Å². The second-order valence-electron chi connectivity index (χ2n) is 5.70. The molecule has 0 spiro atoms. The smallest absolute Gasteiger partial charge is 0.307 e. The summed E-state index contributed by atoms with van der Waals surface area (Å²) in [6.07, 6.45) is 1.29. The number of rotatable bonds is 5. The van der Waals surface area contributed by atoms with Gasteiger partial charge in [-0.05, 0) is 47.9 Å². The minimum absolute atomic E-state index is 0.146. The molecule has 1 aliphatic carbocycles. The predicted molar refractivity (Wildman–Crippen MR) is 78.5 cm³/mol. The van der Waals surface area contributed by atoms with Gasteiger partial charge in [-0.15, -0.1) is 0 Å². The van der Waals surface area contributed by atoms with Crippen LogP contribution in [0.25, 0.3) is 0 Å². The van der Waals surface area contributed by atoms with E-state index in [1.54, 1.807) is 12.1 Å². The van der Waals surface area contributed by atoms with Gasteiger partial charge in [0.15, 0.2) is 0 Å². The van der Waals surface area contributed by atoms with Crippen molar-refractivity contribution >= 4 is 5.97 Å². The summed E-state index contributed by atoms with van der Waals surface area (Å²) in [4.78, 5) is 11.6. The van der Waals surface area contributed by atoms with Gasteiger partial charge in [-0.1, -0.05) is 42.5 Å². The topological polar surface area (TPSA) is 37.3 Å². The first-order valence-corrected chi connectivity index (χ1v) is 7.17. The van der Waals surface area contributed by atoms with Crippen molar-refractivity contribution in [3.63, 3.8) is 0 Å². The third-order valence-electron chi connectivity index (χ3n) is 4.25. The normalized spacial score (nSPS) is 21.8. The lowest BCUT2D eigenvalue weighted by atomic mass is 9.92. The molecule has 3 unspecified atom stereocenters. The van der Waals surface area contributed by atoms with Crippen LogP contribution >= 0.6 is 0 Å². The van der Waals surface area contributed by atoms with Crippen LogP contribution in [0, 0.1) is 17.7 Å². The first-order valence-electron chi connectivity index (χ1n) is 7.17. The van der Waals surface area contributed by atoms with E-state index in [0.717, 1.165) is 12.0 Å². The molecule has 0 aromatic heterocycles. The van der Waals surface area contributed by atoms with Crippen LogP contribution in [0.5, 0.6) is 0 Å². The quantitative estimate of drug-likeness (QED) is 0.905. The van der Waals surface area contributed by atoms with Crippen molar-refractivity contribution < 1.29 is 14.3 Å². The Morgan fingerprint density at radius 2 is 1.95 bits per heavy atom. The molecule has 3 atom stereocenters. The molecule has 0 heterocycles. The highest BCUT2D eigenvalue weighted by molar-refractivity contribution is 5.71. The van der Waals surface area contributed by atoms with Gasteiger partial charge in [-0.2, -0.15) is 0 Å². The molecule has 21 heavy (non-hydrogen) atoms. The molecule has 0 radical (unpaired) electrons. The summed E-state index contributed by atoms with van der Waals surface area (Å²) in [5.41, 5.74) is 1.95. The molecular weight excluding hydrogens is 267 g/mol. The third kappa shape index (κ3) is 3.13. The molecular formula is C18H17FO2. The van der Waals surface area contributed by atoms with Crippen LogP contribution in [0.3, 0.4) is 0 Å². The molecule has 1 N–H and O–H groups in total. The van der Waals surface area contributed by atoms with Gasteiger partial charge in [0, 0.05) is 0 Å². The maximum absolute atomic E-state index is 13.2. The van der Waals surface area contributed by atoms with E-state index in [4.69, 9.17) is 0 Å². The number of halogens is 1. The van der Waals surface area contributed by atoms with E-state index in [2.05, 4.69) is 0 Å². The zero-order valence-corrected chi connectivity index (χ0v) is 11.6. The average Bonchev–Trinajstić information content (AvgIpc) is 3.26. The van der Waals surface area contributed by atoms with Crippen LogP contribution in [0.4, 0.5) is 4.39 Å². The van der Waals surface area contributed by atoms with Crippen LogP contribution in [0.1, 0.15) is 23.5 Å². The highest BCUT2D eigenvalue weighted by Crippen LogP contribution is 2.52. The van der Waals surface area contributed by atoms with Crippen LogP contribution in [-0.4, -0.2) is 11.1 Å². The Morgan fingerprint density at radius 1 is 1.19 bits per heavy atom. The van der Waals surface area contributed by atoms with Crippen LogP contribution in [0.2, 0.25) is 0 Å². The molecule has 0 bridgehead atoms. The molecule has 2 aromatic carbocycles. The molecule has 2 nitrogen and oxygen atoms in total. The summed E-state index contributed by atoms with van der Waals surface area (Å²) < 4.78 is 13.2. The van der Waals surface area contributed by atoms with E-state index in [1.807, 2.05) is 30.3 Å². The summed E-state index contributed by atoms with van der Waals surface area (Å²) in [6.45, 7) is 0. The fraction of sp³-hybridized carbons (Fsp3) is 0.278. The number of hydrogen-bond donors (Lipinski definition) is 1. The predicted octanol–water partition coefficient (Wildman–Crippen LogP) is 3.87. The molecule has 3 rings (SSSR count). The first kappa shape index (κ1) is 13.8. The number of carbonyl (C=O) groups is 1. The number of hydrogen-bond acceptors (Lipinski definition) is 1. The highest BCUT2D eigenvalue weighted by Gasteiger charge is 2.46.